The van der Waals surface area contributed by atoms with Crippen molar-refractivity contribution in [2.75, 3.05) is 0 Å². The lowest BCUT2D eigenvalue weighted by atomic mass is 10.00. The minimum absolute atomic E-state index is 0.0509. The summed E-state index contributed by atoms with van der Waals surface area (Å²) in [4.78, 5) is 12.7. The molecule has 0 radical (unpaired) electrons. The van der Waals surface area contributed by atoms with Crippen LogP contribution in [0.1, 0.15) is 54.1 Å². The molecule has 0 aliphatic heterocycles. The number of carbonyl (C=O) groups excluding carboxylic acids is 1. The highest BCUT2D eigenvalue weighted by molar-refractivity contribution is 5.81. The van der Waals surface area contributed by atoms with Crippen molar-refractivity contribution in [3.8, 4) is 5.75 Å². The van der Waals surface area contributed by atoms with Gasteiger partial charge in [-0.05, 0) is 75.4 Å². The molecule has 0 aliphatic carbocycles. The first kappa shape index (κ1) is 19.0. The third-order valence-electron chi connectivity index (χ3n) is 4.39. The molecular weight excluding hydrogens is 310 g/mol. The van der Waals surface area contributed by atoms with E-state index in [2.05, 4.69) is 43.4 Å². The molecule has 0 bridgehead atoms. The molecule has 0 heterocycles. The Balaban J connectivity index is 2.08. The smallest absolute Gasteiger partial charge is 0.261 e. The molecule has 0 aliphatic rings. The van der Waals surface area contributed by atoms with E-state index in [1.165, 1.54) is 11.1 Å². The van der Waals surface area contributed by atoms with Gasteiger partial charge in [0.25, 0.3) is 5.91 Å². The second kappa shape index (κ2) is 8.19. The van der Waals surface area contributed by atoms with Gasteiger partial charge in [-0.15, -0.1) is 0 Å². The standard InChI is InChI=1S/C22H29NO2/c1-7-21(25-19-12-15(3)10-16(4)13-19)22(24)23-18(6)20-9-8-14(2)11-17(20)5/h8-13,18,21H,7H2,1-6H3,(H,23,24). The van der Waals surface area contributed by atoms with Gasteiger partial charge in [0.15, 0.2) is 6.10 Å². The zero-order valence-electron chi connectivity index (χ0n) is 16.1. The molecule has 2 aromatic carbocycles. The van der Waals surface area contributed by atoms with Crippen molar-refractivity contribution in [1.29, 1.82) is 0 Å². The van der Waals surface area contributed by atoms with Crippen molar-refractivity contribution >= 4 is 5.91 Å². The molecule has 134 valence electrons. The molecule has 1 N–H and O–H groups in total. The van der Waals surface area contributed by atoms with Crippen LogP contribution in [0.3, 0.4) is 0 Å². The molecule has 25 heavy (non-hydrogen) atoms. The molecule has 0 spiro atoms. The van der Waals surface area contributed by atoms with Gasteiger partial charge in [0.1, 0.15) is 5.75 Å². The van der Waals surface area contributed by atoms with E-state index in [4.69, 9.17) is 4.74 Å². The summed E-state index contributed by atoms with van der Waals surface area (Å²) in [6.45, 7) is 12.2. The van der Waals surface area contributed by atoms with Crippen LogP contribution in [0, 0.1) is 27.7 Å². The van der Waals surface area contributed by atoms with Crippen LogP contribution < -0.4 is 10.1 Å². The first-order chi connectivity index (χ1) is 11.8. The van der Waals surface area contributed by atoms with Crippen LogP contribution in [0.2, 0.25) is 0 Å². The van der Waals surface area contributed by atoms with Gasteiger partial charge >= 0.3 is 0 Å². The zero-order valence-corrected chi connectivity index (χ0v) is 16.1. The van der Waals surface area contributed by atoms with Gasteiger partial charge in [-0.1, -0.05) is 36.8 Å². The quantitative estimate of drug-likeness (QED) is 0.808. The number of aryl methyl sites for hydroxylation is 4. The molecule has 2 atom stereocenters. The highest BCUT2D eigenvalue weighted by atomic mass is 16.5. The van der Waals surface area contributed by atoms with Crippen LogP contribution in [0.5, 0.6) is 5.75 Å². The lowest BCUT2D eigenvalue weighted by Gasteiger charge is -2.22. The maximum atomic E-state index is 12.7. The fraction of sp³-hybridized carbons (Fsp3) is 0.409. The third kappa shape index (κ3) is 5.09. The van der Waals surface area contributed by atoms with Crippen molar-refractivity contribution in [2.45, 2.75) is 60.1 Å². The van der Waals surface area contributed by atoms with Crippen LogP contribution >= 0.6 is 0 Å². The Labute approximate surface area is 151 Å². The first-order valence-electron chi connectivity index (χ1n) is 8.92. The van der Waals surface area contributed by atoms with E-state index < -0.39 is 6.10 Å². The third-order valence-corrected chi connectivity index (χ3v) is 4.39. The van der Waals surface area contributed by atoms with Crippen molar-refractivity contribution in [3.63, 3.8) is 0 Å². The number of nitrogens with one attached hydrogen (secondary N) is 1. The summed E-state index contributed by atoms with van der Waals surface area (Å²) in [7, 11) is 0. The van der Waals surface area contributed by atoms with Crippen LogP contribution in [-0.2, 0) is 4.79 Å². The average molecular weight is 339 g/mol. The fourth-order valence-electron chi connectivity index (χ4n) is 3.18. The monoisotopic (exact) mass is 339 g/mol. The predicted octanol–water partition coefficient (Wildman–Crippen LogP) is 4.96. The Hall–Kier alpha value is -2.29. The Morgan fingerprint density at radius 3 is 2.20 bits per heavy atom. The molecule has 0 saturated carbocycles. The molecule has 0 saturated heterocycles. The topological polar surface area (TPSA) is 38.3 Å². The highest BCUT2D eigenvalue weighted by Crippen LogP contribution is 2.21. The van der Waals surface area contributed by atoms with Crippen molar-refractivity contribution in [3.05, 3.63) is 64.2 Å². The molecule has 2 rings (SSSR count). The van der Waals surface area contributed by atoms with E-state index >= 15 is 0 Å². The lowest BCUT2D eigenvalue weighted by molar-refractivity contribution is -0.128. The van der Waals surface area contributed by atoms with Gasteiger partial charge in [0.2, 0.25) is 0 Å². The summed E-state index contributed by atoms with van der Waals surface area (Å²) in [6, 6.07) is 12.3. The summed E-state index contributed by atoms with van der Waals surface area (Å²) < 4.78 is 5.96. The molecule has 0 aromatic heterocycles. The fourth-order valence-corrected chi connectivity index (χ4v) is 3.18. The lowest BCUT2D eigenvalue weighted by Crippen LogP contribution is -2.39. The summed E-state index contributed by atoms with van der Waals surface area (Å²) >= 11 is 0. The van der Waals surface area contributed by atoms with Gasteiger partial charge < -0.3 is 10.1 Å². The van der Waals surface area contributed by atoms with Crippen LogP contribution in [-0.4, -0.2) is 12.0 Å². The molecule has 1 amide bonds. The largest absolute Gasteiger partial charge is 0.481 e. The van der Waals surface area contributed by atoms with Gasteiger partial charge in [-0.3, -0.25) is 4.79 Å². The molecule has 3 heteroatoms. The molecular formula is C22H29NO2. The van der Waals surface area contributed by atoms with Crippen LogP contribution in [0.4, 0.5) is 0 Å². The minimum atomic E-state index is -0.491. The number of carbonyl (C=O) groups is 1. The van der Waals surface area contributed by atoms with Gasteiger partial charge in [-0.25, -0.2) is 0 Å². The Bertz CT molecular complexity index is 731. The number of benzene rings is 2. The van der Waals surface area contributed by atoms with Gasteiger partial charge in [0, 0.05) is 0 Å². The summed E-state index contributed by atoms with van der Waals surface area (Å²) in [5.41, 5.74) is 5.82. The summed E-state index contributed by atoms with van der Waals surface area (Å²) in [6.07, 6.45) is 0.132. The Morgan fingerprint density at radius 1 is 1.00 bits per heavy atom. The van der Waals surface area contributed by atoms with Crippen molar-refractivity contribution in [1.82, 2.24) is 5.32 Å². The minimum Gasteiger partial charge on any atom is -0.481 e. The number of ether oxygens (including phenoxy) is 1. The maximum absolute atomic E-state index is 12.7. The zero-order chi connectivity index (χ0) is 18.6. The van der Waals surface area contributed by atoms with Crippen LogP contribution in [0.15, 0.2) is 36.4 Å². The van der Waals surface area contributed by atoms with E-state index in [0.29, 0.717) is 6.42 Å². The average Bonchev–Trinajstić information content (AvgIpc) is 2.51. The Kier molecular flexibility index (Phi) is 6.24. The number of hydrogen-bond acceptors (Lipinski definition) is 2. The Morgan fingerprint density at radius 2 is 1.64 bits per heavy atom. The second-order valence-corrected chi connectivity index (χ2v) is 6.93. The molecule has 0 fully saturated rings. The summed E-state index contributed by atoms with van der Waals surface area (Å²) in [5, 5.41) is 3.09. The predicted molar refractivity (Wildman–Crippen MR) is 103 cm³/mol. The van der Waals surface area contributed by atoms with Crippen LogP contribution in [0.25, 0.3) is 0 Å². The van der Waals surface area contributed by atoms with Gasteiger partial charge in [-0.2, -0.15) is 0 Å². The number of rotatable bonds is 6. The highest BCUT2D eigenvalue weighted by Gasteiger charge is 2.21. The molecule has 2 aromatic rings. The van der Waals surface area contributed by atoms with E-state index in [9.17, 15) is 4.79 Å². The van der Waals surface area contributed by atoms with Crippen molar-refractivity contribution in [2.24, 2.45) is 0 Å². The normalized spacial score (nSPS) is 13.2. The first-order valence-corrected chi connectivity index (χ1v) is 8.92. The molecule has 3 nitrogen and oxygen atoms in total. The summed E-state index contributed by atoms with van der Waals surface area (Å²) in [5.74, 6) is 0.674. The number of hydrogen-bond donors (Lipinski definition) is 1. The number of amides is 1. The van der Waals surface area contributed by atoms with E-state index in [-0.39, 0.29) is 11.9 Å². The van der Waals surface area contributed by atoms with Gasteiger partial charge in [0.05, 0.1) is 6.04 Å². The van der Waals surface area contributed by atoms with E-state index in [0.717, 1.165) is 22.4 Å². The van der Waals surface area contributed by atoms with Crippen molar-refractivity contribution < 1.29 is 9.53 Å². The van der Waals surface area contributed by atoms with E-state index in [1.807, 2.05) is 39.8 Å². The second-order valence-electron chi connectivity index (χ2n) is 6.93. The van der Waals surface area contributed by atoms with E-state index in [1.54, 1.807) is 0 Å². The maximum Gasteiger partial charge on any atom is 0.261 e. The SMILES string of the molecule is CCC(Oc1cc(C)cc(C)c1)C(=O)NC(C)c1ccc(C)cc1C. The molecule has 2 unspecified atom stereocenters.